The van der Waals surface area contributed by atoms with Gasteiger partial charge in [-0.1, -0.05) is 0 Å². The lowest BCUT2D eigenvalue weighted by atomic mass is 10.4. The molecule has 0 radical (unpaired) electrons. The molecule has 0 bridgehead atoms. The van der Waals surface area contributed by atoms with Gasteiger partial charge in [-0.05, 0) is 6.92 Å². The predicted molar refractivity (Wildman–Crippen MR) is 43.4 cm³/mol. The van der Waals surface area contributed by atoms with E-state index in [0.717, 1.165) is 5.69 Å². The van der Waals surface area contributed by atoms with Crippen LogP contribution < -0.4 is 5.32 Å². The van der Waals surface area contributed by atoms with Crippen LogP contribution in [-0.2, 0) is 7.05 Å². The Morgan fingerprint density at radius 1 is 1.82 bits per heavy atom. The zero-order valence-corrected chi connectivity index (χ0v) is 6.78. The highest BCUT2D eigenvalue weighted by Crippen LogP contribution is 2.02. The lowest BCUT2D eigenvalue weighted by molar-refractivity contribution is 0.208. The SMILES string of the molecule is C[C@@H](O)CNc1cnn(C)c1. The maximum Gasteiger partial charge on any atom is 0.0727 e. The molecule has 1 rings (SSSR count). The van der Waals surface area contributed by atoms with Crippen molar-refractivity contribution in [3.63, 3.8) is 0 Å². The fourth-order valence-electron chi connectivity index (χ4n) is 0.778. The summed E-state index contributed by atoms with van der Waals surface area (Å²) in [6.07, 6.45) is 3.26. The van der Waals surface area contributed by atoms with Crippen molar-refractivity contribution < 1.29 is 5.11 Å². The molecule has 2 N–H and O–H groups in total. The monoisotopic (exact) mass is 155 g/mol. The van der Waals surface area contributed by atoms with Crippen LogP contribution in [0.5, 0.6) is 0 Å². The number of hydrogen-bond donors (Lipinski definition) is 2. The maximum atomic E-state index is 8.93. The number of nitrogens with one attached hydrogen (secondary N) is 1. The van der Waals surface area contributed by atoms with Crippen molar-refractivity contribution in [2.45, 2.75) is 13.0 Å². The van der Waals surface area contributed by atoms with Gasteiger partial charge in [-0.2, -0.15) is 5.10 Å². The summed E-state index contributed by atoms with van der Waals surface area (Å²) in [5.74, 6) is 0. The molecule has 11 heavy (non-hydrogen) atoms. The van der Waals surface area contributed by atoms with Crippen LogP contribution in [0.4, 0.5) is 5.69 Å². The lowest BCUT2D eigenvalue weighted by Crippen LogP contribution is -2.14. The van der Waals surface area contributed by atoms with Gasteiger partial charge in [-0.15, -0.1) is 0 Å². The molecule has 0 aliphatic heterocycles. The van der Waals surface area contributed by atoms with Crippen LogP contribution >= 0.6 is 0 Å². The lowest BCUT2D eigenvalue weighted by Gasteiger charge is -2.04. The van der Waals surface area contributed by atoms with Crippen LogP contribution in [0.15, 0.2) is 12.4 Å². The van der Waals surface area contributed by atoms with E-state index >= 15 is 0 Å². The standard InChI is InChI=1S/C7H13N3O/c1-6(11)3-8-7-4-9-10(2)5-7/h4-6,8,11H,3H2,1-2H3/t6-/m1/s1. The molecule has 4 heteroatoms. The zero-order chi connectivity index (χ0) is 8.27. The molecule has 0 aromatic carbocycles. The highest BCUT2D eigenvalue weighted by atomic mass is 16.3. The Balaban J connectivity index is 2.39. The van der Waals surface area contributed by atoms with E-state index in [4.69, 9.17) is 5.11 Å². The van der Waals surface area contributed by atoms with Gasteiger partial charge in [-0.3, -0.25) is 4.68 Å². The van der Waals surface area contributed by atoms with E-state index in [1.807, 2.05) is 13.2 Å². The first-order valence-electron chi connectivity index (χ1n) is 3.59. The van der Waals surface area contributed by atoms with E-state index in [2.05, 4.69) is 10.4 Å². The second kappa shape index (κ2) is 3.39. The summed E-state index contributed by atoms with van der Waals surface area (Å²) in [7, 11) is 1.85. The molecule has 0 amide bonds. The number of rotatable bonds is 3. The molecular formula is C7H13N3O. The van der Waals surface area contributed by atoms with Crippen molar-refractivity contribution in [2.75, 3.05) is 11.9 Å². The number of nitrogens with zero attached hydrogens (tertiary/aromatic N) is 2. The van der Waals surface area contributed by atoms with Gasteiger partial charge >= 0.3 is 0 Å². The van der Waals surface area contributed by atoms with Gasteiger partial charge < -0.3 is 10.4 Å². The van der Waals surface area contributed by atoms with E-state index in [1.165, 1.54) is 0 Å². The summed E-state index contributed by atoms with van der Waals surface area (Å²) >= 11 is 0. The van der Waals surface area contributed by atoms with Crippen LogP contribution in [0.2, 0.25) is 0 Å². The average molecular weight is 155 g/mol. The van der Waals surface area contributed by atoms with E-state index in [-0.39, 0.29) is 6.10 Å². The molecule has 0 unspecified atom stereocenters. The van der Waals surface area contributed by atoms with Crippen LogP contribution in [0.25, 0.3) is 0 Å². The topological polar surface area (TPSA) is 50.1 Å². The molecule has 1 atom stereocenters. The number of aryl methyl sites for hydroxylation is 1. The number of anilines is 1. The summed E-state index contributed by atoms with van der Waals surface area (Å²) in [5.41, 5.74) is 0.938. The molecule has 1 aromatic rings. The third-order valence-electron chi connectivity index (χ3n) is 1.31. The third kappa shape index (κ3) is 2.59. The fraction of sp³-hybridized carbons (Fsp3) is 0.571. The minimum Gasteiger partial charge on any atom is -0.392 e. The van der Waals surface area contributed by atoms with Gasteiger partial charge in [0.25, 0.3) is 0 Å². The normalized spacial score (nSPS) is 13.0. The van der Waals surface area contributed by atoms with E-state index < -0.39 is 0 Å². The van der Waals surface area contributed by atoms with Crippen LogP contribution in [0.1, 0.15) is 6.92 Å². The van der Waals surface area contributed by atoms with E-state index in [0.29, 0.717) is 6.54 Å². The molecule has 62 valence electrons. The van der Waals surface area contributed by atoms with Gasteiger partial charge in [-0.25, -0.2) is 0 Å². The number of aliphatic hydroxyl groups is 1. The van der Waals surface area contributed by atoms with Gasteiger partial charge in [0.2, 0.25) is 0 Å². The first kappa shape index (κ1) is 8.07. The highest BCUT2D eigenvalue weighted by Gasteiger charge is 1.96. The van der Waals surface area contributed by atoms with Crippen molar-refractivity contribution in [3.8, 4) is 0 Å². The van der Waals surface area contributed by atoms with Gasteiger partial charge in [0, 0.05) is 19.8 Å². The van der Waals surface area contributed by atoms with E-state index in [9.17, 15) is 0 Å². The number of aliphatic hydroxyl groups excluding tert-OH is 1. The Morgan fingerprint density at radius 2 is 2.55 bits per heavy atom. The second-order valence-corrected chi connectivity index (χ2v) is 2.63. The first-order chi connectivity index (χ1) is 5.18. The maximum absolute atomic E-state index is 8.93. The fourth-order valence-corrected chi connectivity index (χ4v) is 0.778. The van der Waals surface area contributed by atoms with Crippen molar-refractivity contribution in [1.29, 1.82) is 0 Å². The van der Waals surface area contributed by atoms with Crippen molar-refractivity contribution in [2.24, 2.45) is 7.05 Å². The van der Waals surface area contributed by atoms with Crippen LogP contribution in [0, 0.1) is 0 Å². The molecule has 4 nitrogen and oxygen atoms in total. The molecule has 0 fully saturated rings. The van der Waals surface area contributed by atoms with Crippen LogP contribution in [0.3, 0.4) is 0 Å². The Morgan fingerprint density at radius 3 is 3.00 bits per heavy atom. The van der Waals surface area contributed by atoms with Crippen LogP contribution in [-0.4, -0.2) is 27.5 Å². The summed E-state index contributed by atoms with van der Waals surface area (Å²) in [4.78, 5) is 0. The van der Waals surface area contributed by atoms with Crippen molar-refractivity contribution in [1.82, 2.24) is 9.78 Å². The van der Waals surface area contributed by atoms with Gasteiger partial charge in [0.05, 0.1) is 18.0 Å². The smallest absolute Gasteiger partial charge is 0.0727 e. The third-order valence-corrected chi connectivity index (χ3v) is 1.31. The minimum atomic E-state index is -0.324. The summed E-state index contributed by atoms with van der Waals surface area (Å²) < 4.78 is 1.71. The Kier molecular flexibility index (Phi) is 2.48. The molecule has 0 spiro atoms. The zero-order valence-electron chi connectivity index (χ0n) is 6.78. The minimum absolute atomic E-state index is 0.324. The highest BCUT2D eigenvalue weighted by molar-refractivity contribution is 5.37. The molecule has 0 saturated carbocycles. The molecule has 0 aliphatic carbocycles. The average Bonchev–Trinajstić information content (AvgIpc) is 2.31. The summed E-state index contributed by atoms with van der Waals surface area (Å²) in [6, 6.07) is 0. The molecule has 0 aliphatic rings. The summed E-state index contributed by atoms with van der Waals surface area (Å²) in [5, 5.41) is 15.9. The number of hydrogen-bond acceptors (Lipinski definition) is 3. The Hall–Kier alpha value is -1.03. The van der Waals surface area contributed by atoms with E-state index in [1.54, 1.807) is 17.8 Å². The molecular weight excluding hydrogens is 142 g/mol. The quantitative estimate of drug-likeness (QED) is 0.656. The predicted octanol–water partition coefficient (Wildman–Crippen LogP) is 0.213. The molecule has 1 aromatic heterocycles. The van der Waals surface area contributed by atoms with Gasteiger partial charge in [0.1, 0.15) is 0 Å². The van der Waals surface area contributed by atoms with Gasteiger partial charge in [0.15, 0.2) is 0 Å². The first-order valence-corrected chi connectivity index (χ1v) is 3.59. The second-order valence-electron chi connectivity index (χ2n) is 2.63. The largest absolute Gasteiger partial charge is 0.392 e. The van der Waals surface area contributed by atoms with Crippen molar-refractivity contribution in [3.05, 3.63) is 12.4 Å². The molecule has 0 saturated heterocycles. The summed E-state index contributed by atoms with van der Waals surface area (Å²) in [6.45, 7) is 2.30. The van der Waals surface area contributed by atoms with Crippen molar-refractivity contribution >= 4 is 5.69 Å². The molecule has 1 heterocycles. The number of aromatic nitrogens is 2. The Bertz CT molecular complexity index is 219. The Labute approximate surface area is 65.8 Å².